The second kappa shape index (κ2) is 8.21. The van der Waals surface area contributed by atoms with Gasteiger partial charge >= 0.3 is 0 Å². The highest BCUT2D eigenvalue weighted by molar-refractivity contribution is 8.00. The van der Waals surface area contributed by atoms with Gasteiger partial charge in [-0.1, -0.05) is 29.3 Å². The van der Waals surface area contributed by atoms with Crippen molar-refractivity contribution in [2.75, 3.05) is 19.1 Å². The average molecular weight is 398 g/mol. The van der Waals surface area contributed by atoms with E-state index in [1.807, 2.05) is 25.1 Å². The lowest BCUT2D eigenvalue weighted by atomic mass is 10.2. The van der Waals surface area contributed by atoms with Crippen molar-refractivity contribution in [2.45, 2.75) is 18.4 Å². The van der Waals surface area contributed by atoms with Crippen LogP contribution in [0.4, 0.5) is 0 Å². The number of amides is 1. The molecule has 0 spiro atoms. The third kappa shape index (κ3) is 4.54. The zero-order chi connectivity index (χ0) is 17.8. The minimum atomic E-state index is 0.0428. The van der Waals surface area contributed by atoms with Gasteiger partial charge in [0.15, 0.2) is 11.5 Å². The molecule has 0 saturated carbocycles. The molecule has 132 valence electrons. The van der Waals surface area contributed by atoms with Crippen LogP contribution in [0.1, 0.15) is 12.5 Å². The largest absolute Gasteiger partial charge is 0.454 e. The van der Waals surface area contributed by atoms with E-state index in [0.29, 0.717) is 28.9 Å². The van der Waals surface area contributed by atoms with Gasteiger partial charge in [0.1, 0.15) is 0 Å². The molecule has 2 aromatic rings. The second-order valence-electron chi connectivity index (χ2n) is 5.46. The molecule has 0 saturated heterocycles. The molecule has 25 heavy (non-hydrogen) atoms. The standard InChI is InChI=1S/C18H17Cl2NO3S/c1-2-21(9-12-3-6-15-16(7-12)24-11-23-15)18(22)10-25-17-8-13(19)4-5-14(17)20/h3-8H,2,9-11H2,1H3. The number of halogens is 2. The molecular weight excluding hydrogens is 381 g/mol. The van der Waals surface area contributed by atoms with Crippen molar-refractivity contribution in [3.05, 3.63) is 52.0 Å². The van der Waals surface area contributed by atoms with Crippen molar-refractivity contribution in [2.24, 2.45) is 0 Å². The predicted octanol–water partition coefficient (Wildman–Crippen LogP) is 4.86. The number of nitrogens with zero attached hydrogens (tertiary/aromatic N) is 1. The number of benzene rings is 2. The number of rotatable bonds is 6. The number of thioether (sulfide) groups is 1. The Morgan fingerprint density at radius 3 is 2.76 bits per heavy atom. The van der Waals surface area contributed by atoms with Gasteiger partial charge in [-0.15, -0.1) is 11.8 Å². The van der Waals surface area contributed by atoms with Crippen LogP contribution in [0.3, 0.4) is 0 Å². The third-order valence-corrected chi connectivity index (χ3v) is 5.51. The van der Waals surface area contributed by atoms with Crippen LogP contribution in [0.15, 0.2) is 41.3 Å². The highest BCUT2D eigenvalue weighted by Crippen LogP contribution is 2.33. The first-order valence-electron chi connectivity index (χ1n) is 7.81. The summed E-state index contributed by atoms with van der Waals surface area (Å²) >= 11 is 13.5. The molecule has 0 atom stereocenters. The van der Waals surface area contributed by atoms with Gasteiger partial charge < -0.3 is 14.4 Å². The maximum absolute atomic E-state index is 12.6. The lowest BCUT2D eigenvalue weighted by Gasteiger charge is -2.21. The molecular formula is C18H17Cl2NO3S. The molecule has 7 heteroatoms. The van der Waals surface area contributed by atoms with E-state index in [9.17, 15) is 4.79 Å². The lowest BCUT2D eigenvalue weighted by molar-refractivity contribution is -0.128. The molecule has 0 bridgehead atoms. The Labute approximate surface area is 161 Å². The van der Waals surface area contributed by atoms with Crippen molar-refractivity contribution in [1.29, 1.82) is 0 Å². The Morgan fingerprint density at radius 2 is 1.96 bits per heavy atom. The zero-order valence-corrected chi connectivity index (χ0v) is 16.0. The zero-order valence-electron chi connectivity index (χ0n) is 13.6. The molecule has 2 aromatic carbocycles. The van der Waals surface area contributed by atoms with Gasteiger partial charge in [0.05, 0.1) is 10.8 Å². The van der Waals surface area contributed by atoms with Gasteiger partial charge in [0.2, 0.25) is 12.7 Å². The Kier molecular flexibility index (Phi) is 5.99. The molecule has 1 amide bonds. The topological polar surface area (TPSA) is 38.8 Å². The van der Waals surface area contributed by atoms with Crippen molar-refractivity contribution in [1.82, 2.24) is 4.90 Å². The van der Waals surface area contributed by atoms with Crippen LogP contribution in [0, 0.1) is 0 Å². The molecule has 3 rings (SSSR count). The van der Waals surface area contributed by atoms with E-state index in [4.69, 9.17) is 32.7 Å². The molecule has 1 aliphatic rings. The van der Waals surface area contributed by atoms with Crippen molar-refractivity contribution in [3.8, 4) is 11.5 Å². The molecule has 0 N–H and O–H groups in total. The Bertz CT molecular complexity index is 785. The van der Waals surface area contributed by atoms with E-state index in [2.05, 4.69) is 0 Å². The third-order valence-electron chi connectivity index (χ3n) is 3.79. The number of carbonyl (C=O) groups excluding carboxylic acids is 1. The number of fused-ring (bicyclic) bond motifs is 1. The summed E-state index contributed by atoms with van der Waals surface area (Å²) in [5, 5.41) is 1.20. The molecule has 0 unspecified atom stereocenters. The van der Waals surface area contributed by atoms with E-state index in [0.717, 1.165) is 22.0 Å². The van der Waals surface area contributed by atoms with E-state index >= 15 is 0 Å². The van der Waals surface area contributed by atoms with Crippen molar-refractivity contribution in [3.63, 3.8) is 0 Å². The van der Waals surface area contributed by atoms with E-state index in [-0.39, 0.29) is 12.7 Å². The number of hydrogen-bond acceptors (Lipinski definition) is 4. The van der Waals surface area contributed by atoms with Gasteiger partial charge in [0.25, 0.3) is 0 Å². The van der Waals surface area contributed by atoms with Gasteiger partial charge in [-0.3, -0.25) is 4.79 Å². The van der Waals surface area contributed by atoms with Crippen LogP contribution in [-0.4, -0.2) is 29.9 Å². The summed E-state index contributed by atoms with van der Waals surface area (Å²) < 4.78 is 10.7. The average Bonchev–Trinajstić information content (AvgIpc) is 3.07. The van der Waals surface area contributed by atoms with Crippen LogP contribution in [-0.2, 0) is 11.3 Å². The van der Waals surface area contributed by atoms with Crippen LogP contribution in [0.25, 0.3) is 0 Å². The molecule has 1 aliphatic heterocycles. The fourth-order valence-corrected chi connectivity index (χ4v) is 3.85. The Hall–Kier alpha value is -1.56. The van der Waals surface area contributed by atoms with Crippen LogP contribution < -0.4 is 9.47 Å². The molecule has 0 aliphatic carbocycles. The highest BCUT2D eigenvalue weighted by atomic mass is 35.5. The highest BCUT2D eigenvalue weighted by Gasteiger charge is 2.17. The first-order valence-corrected chi connectivity index (χ1v) is 9.55. The quantitative estimate of drug-likeness (QED) is 0.652. The summed E-state index contributed by atoms with van der Waals surface area (Å²) in [6, 6.07) is 11.0. The minimum Gasteiger partial charge on any atom is -0.454 e. The predicted molar refractivity (Wildman–Crippen MR) is 101 cm³/mol. The molecule has 0 radical (unpaired) electrons. The van der Waals surface area contributed by atoms with Crippen LogP contribution in [0.5, 0.6) is 11.5 Å². The van der Waals surface area contributed by atoms with Gasteiger partial charge in [-0.2, -0.15) is 0 Å². The van der Waals surface area contributed by atoms with E-state index in [1.54, 1.807) is 23.1 Å². The summed E-state index contributed by atoms with van der Waals surface area (Å²) in [7, 11) is 0. The number of hydrogen-bond donors (Lipinski definition) is 0. The Balaban J connectivity index is 1.62. The summed E-state index contributed by atoms with van der Waals surface area (Å²) in [4.78, 5) is 15.2. The van der Waals surface area contributed by atoms with Gasteiger partial charge in [-0.25, -0.2) is 0 Å². The first-order chi connectivity index (χ1) is 12.1. The first kappa shape index (κ1) is 18.2. The smallest absolute Gasteiger partial charge is 0.233 e. The second-order valence-corrected chi connectivity index (χ2v) is 7.32. The maximum Gasteiger partial charge on any atom is 0.233 e. The Morgan fingerprint density at radius 1 is 1.16 bits per heavy atom. The van der Waals surface area contributed by atoms with E-state index < -0.39 is 0 Å². The normalized spacial score (nSPS) is 12.3. The SMILES string of the molecule is CCN(Cc1ccc2c(c1)OCO2)C(=O)CSc1cc(Cl)ccc1Cl. The minimum absolute atomic E-state index is 0.0428. The fraction of sp³-hybridized carbons (Fsp3) is 0.278. The van der Waals surface area contributed by atoms with Crippen LogP contribution in [0.2, 0.25) is 10.0 Å². The molecule has 0 fully saturated rings. The van der Waals surface area contributed by atoms with Gasteiger partial charge in [0, 0.05) is 23.0 Å². The van der Waals surface area contributed by atoms with Crippen LogP contribution >= 0.6 is 35.0 Å². The van der Waals surface area contributed by atoms with Crippen molar-refractivity contribution < 1.29 is 14.3 Å². The summed E-state index contributed by atoms with van der Waals surface area (Å²) in [5.41, 5.74) is 1.00. The number of carbonyl (C=O) groups is 1. The van der Waals surface area contributed by atoms with Gasteiger partial charge in [-0.05, 0) is 42.8 Å². The maximum atomic E-state index is 12.6. The molecule has 1 heterocycles. The lowest BCUT2D eigenvalue weighted by Crippen LogP contribution is -2.31. The summed E-state index contributed by atoms with van der Waals surface area (Å²) in [6.07, 6.45) is 0. The number of ether oxygens (including phenoxy) is 2. The monoisotopic (exact) mass is 397 g/mol. The van der Waals surface area contributed by atoms with E-state index in [1.165, 1.54) is 11.8 Å². The molecule has 0 aromatic heterocycles. The van der Waals surface area contributed by atoms with Crippen molar-refractivity contribution >= 4 is 40.9 Å². The molecule has 4 nitrogen and oxygen atoms in total. The summed E-state index contributed by atoms with van der Waals surface area (Å²) in [5.74, 6) is 1.81. The fourth-order valence-electron chi connectivity index (χ4n) is 2.45. The summed E-state index contributed by atoms with van der Waals surface area (Å²) in [6.45, 7) is 3.35.